The summed E-state index contributed by atoms with van der Waals surface area (Å²) in [6.45, 7) is 13.9. The predicted molar refractivity (Wildman–Crippen MR) is 206 cm³/mol. The summed E-state index contributed by atoms with van der Waals surface area (Å²) in [4.78, 5) is 13.0. The first-order valence-corrected chi connectivity index (χ1v) is 16.6. The Hall–Kier alpha value is -5.61. The Morgan fingerprint density at radius 3 is 1.79 bits per heavy atom. The molecule has 0 aliphatic rings. The number of carbonyl (C=O) groups is 1. The van der Waals surface area contributed by atoms with Gasteiger partial charge in [0, 0.05) is 53.2 Å². The standard InChI is InChI=1S/C22H21NO2.C18H12O.2C2H6/c1-4-9-17(10-8-15-23(3)16(2)24)18-12-7-13-20-19-11-5-6-14-21(19)25-22(18)20;1-2-7-13(8-3-1)14-10-6-11-16-15-9-4-5-12-17(15)19-18(14)16;2*1-2/h4-14H,1,15H2,2-3H3;1-12H;2*1-2H3/b10-8-,17-9+;;;. The van der Waals surface area contributed by atoms with Crippen molar-refractivity contribution < 1.29 is 13.6 Å². The fraction of sp³-hybridized carbons (Fsp3) is 0.159. The van der Waals surface area contributed by atoms with E-state index in [0.717, 1.165) is 49.8 Å². The second-order valence-electron chi connectivity index (χ2n) is 10.6. The van der Waals surface area contributed by atoms with E-state index in [1.54, 1.807) is 24.9 Å². The van der Waals surface area contributed by atoms with Crippen LogP contribution in [0.1, 0.15) is 40.2 Å². The molecule has 0 atom stereocenters. The largest absolute Gasteiger partial charge is 0.455 e. The van der Waals surface area contributed by atoms with Crippen molar-refractivity contribution in [1.82, 2.24) is 4.90 Å². The second kappa shape index (κ2) is 17.3. The zero-order valence-corrected chi connectivity index (χ0v) is 28.9. The Bertz CT molecular complexity index is 2160. The van der Waals surface area contributed by atoms with Crippen molar-refractivity contribution in [3.63, 3.8) is 0 Å². The van der Waals surface area contributed by atoms with Crippen LogP contribution in [0.15, 0.2) is 155 Å². The Balaban J connectivity index is 0.000000202. The maximum atomic E-state index is 11.3. The van der Waals surface area contributed by atoms with Crippen LogP contribution >= 0.6 is 0 Å². The molecule has 7 aromatic rings. The van der Waals surface area contributed by atoms with Gasteiger partial charge in [0.05, 0.1) is 0 Å². The fourth-order valence-electron chi connectivity index (χ4n) is 5.40. The summed E-state index contributed by atoms with van der Waals surface area (Å²) in [5, 5.41) is 4.56. The minimum Gasteiger partial charge on any atom is -0.455 e. The molecule has 0 radical (unpaired) electrons. The van der Waals surface area contributed by atoms with Gasteiger partial charge in [-0.1, -0.05) is 162 Å². The maximum Gasteiger partial charge on any atom is 0.219 e. The molecule has 0 saturated carbocycles. The van der Waals surface area contributed by atoms with E-state index in [1.807, 2.05) is 101 Å². The normalized spacial score (nSPS) is 11.0. The van der Waals surface area contributed by atoms with Crippen LogP contribution in [-0.2, 0) is 4.79 Å². The lowest BCUT2D eigenvalue weighted by atomic mass is 10.0. The molecular formula is C44H45NO3. The average Bonchev–Trinajstić information content (AvgIpc) is 3.72. The molecule has 0 aliphatic heterocycles. The molecule has 48 heavy (non-hydrogen) atoms. The molecule has 5 aromatic carbocycles. The Kier molecular flexibility index (Phi) is 12.7. The van der Waals surface area contributed by atoms with Gasteiger partial charge in [-0.25, -0.2) is 0 Å². The third kappa shape index (κ3) is 7.84. The van der Waals surface area contributed by atoms with E-state index in [9.17, 15) is 4.79 Å². The summed E-state index contributed by atoms with van der Waals surface area (Å²) in [6, 6.07) is 39.0. The molecule has 4 nitrogen and oxygen atoms in total. The Morgan fingerprint density at radius 2 is 1.19 bits per heavy atom. The number of hydrogen-bond acceptors (Lipinski definition) is 3. The summed E-state index contributed by atoms with van der Waals surface area (Å²) in [5.74, 6) is 0.0401. The van der Waals surface area contributed by atoms with E-state index < -0.39 is 0 Å². The number of fused-ring (bicyclic) bond motifs is 6. The fourth-order valence-corrected chi connectivity index (χ4v) is 5.40. The van der Waals surface area contributed by atoms with Crippen molar-refractivity contribution >= 4 is 55.4 Å². The lowest BCUT2D eigenvalue weighted by molar-refractivity contribution is -0.127. The number of carbonyl (C=O) groups excluding carboxylic acids is 1. The zero-order chi connectivity index (χ0) is 34.5. The Labute approximate surface area is 284 Å². The van der Waals surface area contributed by atoms with Crippen LogP contribution in [0.5, 0.6) is 0 Å². The summed E-state index contributed by atoms with van der Waals surface area (Å²) in [5.41, 5.74) is 7.99. The number of hydrogen-bond donors (Lipinski definition) is 0. The molecule has 244 valence electrons. The van der Waals surface area contributed by atoms with Gasteiger partial charge in [0.25, 0.3) is 0 Å². The maximum absolute atomic E-state index is 11.3. The van der Waals surface area contributed by atoms with Crippen LogP contribution in [-0.4, -0.2) is 24.4 Å². The number of furan rings is 2. The number of amides is 1. The molecule has 1 amide bonds. The van der Waals surface area contributed by atoms with Gasteiger partial charge < -0.3 is 13.7 Å². The summed E-state index contributed by atoms with van der Waals surface area (Å²) < 4.78 is 12.1. The topological polar surface area (TPSA) is 46.6 Å². The van der Waals surface area contributed by atoms with E-state index in [2.05, 4.69) is 67.2 Å². The predicted octanol–water partition coefficient (Wildman–Crippen LogP) is 12.5. The van der Waals surface area contributed by atoms with Crippen molar-refractivity contribution in [1.29, 1.82) is 0 Å². The first kappa shape index (κ1) is 35.2. The van der Waals surface area contributed by atoms with Crippen LogP contribution in [0, 0.1) is 0 Å². The van der Waals surface area contributed by atoms with Crippen molar-refractivity contribution in [3.05, 3.63) is 152 Å². The average molecular weight is 636 g/mol. The first-order valence-electron chi connectivity index (χ1n) is 16.6. The molecule has 0 bridgehead atoms. The van der Waals surface area contributed by atoms with Crippen LogP contribution < -0.4 is 0 Å². The molecule has 0 spiro atoms. The highest BCUT2D eigenvalue weighted by Crippen LogP contribution is 2.36. The number of rotatable bonds is 6. The number of allylic oxidation sites excluding steroid dienone is 4. The summed E-state index contributed by atoms with van der Waals surface area (Å²) in [7, 11) is 1.78. The molecule has 2 heterocycles. The number of benzene rings is 5. The van der Waals surface area contributed by atoms with Crippen molar-refractivity contribution in [2.45, 2.75) is 34.6 Å². The highest BCUT2D eigenvalue weighted by atomic mass is 16.3. The lowest BCUT2D eigenvalue weighted by Gasteiger charge is -2.11. The van der Waals surface area contributed by atoms with Crippen molar-refractivity contribution in [2.24, 2.45) is 0 Å². The van der Waals surface area contributed by atoms with Gasteiger partial charge in [-0.2, -0.15) is 0 Å². The molecule has 0 fully saturated rings. The third-order valence-electron chi connectivity index (χ3n) is 7.72. The van der Waals surface area contributed by atoms with E-state index in [0.29, 0.717) is 6.54 Å². The van der Waals surface area contributed by atoms with E-state index in [1.165, 1.54) is 16.3 Å². The molecule has 0 saturated heterocycles. The monoisotopic (exact) mass is 635 g/mol. The quantitative estimate of drug-likeness (QED) is 0.171. The molecule has 0 N–H and O–H groups in total. The second-order valence-corrected chi connectivity index (χ2v) is 10.6. The van der Waals surface area contributed by atoms with Gasteiger partial charge in [0.2, 0.25) is 5.91 Å². The van der Waals surface area contributed by atoms with Crippen LogP contribution in [0.3, 0.4) is 0 Å². The van der Waals surface area contributed by atoms with Crippen LogP contribution in [0.25, 0.3) is 60.6 Å². The molecule has 2 aromatic heterocycles. The van der Waals surface area contributed by atoms with Gasteiger partial charge in [-0.15, -0.1) is 0 Å². The Morgan fingerprint density at radius 1 is 0.667 bits per heavy atom. The number of para-hydroxylation sites is 4. The molecule has 7 rings (SSSR count). The van der Waals surface area contributed by atoms with Crippen molar-refractivity contribution in [2.75, 3.05) is 13.6 Å². The van der Waals surface area contributed by atoms with Gasteiger partial charge in [0.1, 0.15) is 22.3 Å². The molecule has 0 aliphatic carbocycles. The third-order valence-corrected chi connectivity index (χ3v) is 7.72. The van der Waals surface area contributed by atoms with E-state index in [4.69, 9.17) is 8.83 Å². The highest BCUT2D eigenvalue weighted by molar-refractivity contribution is 6.10. The highest BCUT2D eigenvalue weighted by Gasteiger charge is 2.12. The molecule has 4 heteroatoms. The van der Waals surface area contributed by atoms with Gasteiger partial charge in [0.15, 0.2) is 0 Å². The van der Waals surface area contributed by atoms with E-state index in [-0.39, 0.29) is 5.91 Å². The van der Waals surface area contributed by atoms with Gasteiger partial charge in [-0.05, 0) is 23.3 Å². The van der Waals surface area contributed by atoms with Gasteiger partial charge >= 0.3 is 0 Å². The lowest BCUT2D eigenvalue weighted by Crippen LogP contribution is -2.23. The summed E-state index contributed by atoms with van der Waals surface area (Å²) >= 11 is 0. The zero-order valence-electron chi connectivity index (χ0n) is 28.9. The molecular weight excluding hydrogens is 590 g/mol. The van der Waals surface area contributed by atoms with Gasteiger partial charge in [-0.3, -0.25) is 4.79 Å². The summed E-state index contributed by atoms with van der Waals surface area (Å²) in [6.07, 6.45) is 7.68. The number of nitrogens with zero attached hydrogens (tertiary/aromatic N) is 1. The van der Waals surface area contributed by atoms with Crippen LogP contribution in [0.4, 0.5) is 0 Å². The minimum absolute atomic E-state index is 0.0401. The van der Waals surface area contributed by atoms with Crippen molar-refractivity contribution in [3.8, 4) is 11.1 Å². The smallest absolute Gasteiger partial charge is 0.219 e. The minimum atomic E-state index is 0.0401. The van der Waals surface area contributed by atoms with Crippen LogP contribution in [0.2, 0.25) is 0 Å². The first-order chi connectivity index (χ1) is 23.5. The SMILES string of the molecule is C=C/C=C(\C=C/CN(C)C(C)=O)c1cccc2c1oc1ccccc12.CC.CC.c1ccc(-c2cccc3c2oc2ccccc23)cc1. The van der Waals surface area contributed by atoms with E-state index >= 15 is 0 Å². The molecule has 0 unspecified atom stereocenters. The number of likely N-dealkylation sites (N-methyl/N-ethyl adjacent to an activating group) is 1.